The fraction of sp³-hybridized carbons (Fsp3) is 0.217. The summed E-state index contributed by atoms with van der Waals surface area (Å²) >= 11 is 7.28. The molecule has 0 aliphatic rings. The summed E-state index contributed by atoms with van der Waals surface area (Å²) in [7, 11) is 0. The van der Waals surface area contributed by atoms with E-state index in [4.69, 9.17) is 16.3 Å². The fourth-order valence-electron chi connectivity index (χ4n) is 2.92. The van der Waals surface area contributed by atoms with E-state index in [2.05, 4.69) is 31.3 Å². The van der Waals surface area contributed by atoms with Crippen molar-refractivity contribution in [2.45, 2.75) is 26.7 Å². The lowest BCUT2D eigenvalue weighted by molar-refractivity contribution is 0.0529. The van der Waals surface area contributed by atoms with Crippen molar-refractivity contribution < 1.29 is 14.3 Å². The number of anilines is 1. The first-order valence-electron chi connectivity index (χ1n) is 9.36. The van der Waals surface area contributed by atoms with Gasteiger partial charge < -0.3 is 10.1 Å². The molecular weight excluding hydrogens is 406 g/mol. The van der Waals surface area contributed by atoms with Crippen LogP contribution in [0, 0.1) is 0 Å². The summed E-state index contributed by atoms with van der Waals surface area (Å²) in [5.41, 5.74) is 3.64. The molecule has 0 saturated heterocycles. The van der Waals surface area contributed by atoms with Gasteiger partial charge in [-0.3, -0.25) is 4.79 Å². The van der Waals surface area contributed by atoms with Gasteiger partial charge in [-0.15, -0.1) is 11.3 Å². The van der Waals surface area contributed by atoms with Crippen molar-refractivity contribution in [2.75, 3.05) is 11.9 Å². The molecule has 0 atom stereocenters. The second kappa shape index (κ2) is 9.25. The average molecular weight is 428 g/mol. The molecule has 0 aliphatic carbocycles. The van der Waals surface area contributed by atoms with Crippen LogP contribution < -0.4 is 5.32 Å². The largest absolute Gasteiger partial charge is 0.462 e. The van der Waals surface area contributed by atoms with Crippen LogP contribution in [0.3, 0.4) is 0 Å². The highest BCUT2D eigenvalue weighted by molar-refractivity contribution is 7.15. The van der Waals surface area contributed by atoms with E-state index in [-0.39, 0.29) is 12.5 Å². The first-order valence-corrected chi connectivity index (χ1v) is 10.6. The number of rotatable bonds is 6. The predicted octanol–water partition coefficient (Wildman–Crippen LogP) is 6.62. The number of hydrogen-bond donors (Lipinski definition) is 1. The number of carbonyl (C=O) groups is 2. The van der Waals surface area contributed by atoms with Gasteiger partial charge in [0.1, 0.15) is 10.6 Å². The molecule has 1 amide bonds. The Balaban J connectivity index is 1.97. The van der Waals surface area contributed by atoms with E-state index >= 15 is 0 Å². The molecule has 0 bridgehead atoms. The minimum Gasteiger partial charge on any atom is -0.462 e. The minimum atomic E-state index is -0.460. The summed E-state index contributed by atoms with van der Waals surface area (Å²) < 4.78 is 5.25. The van der Waals surface area contributed by atoms with Crippen LogP contribution in [0.2, 0.25) is 5.02 Å². The monoisotopic (exact) mass is 427 g/mol. The highest BCUT2D eigenvalue weighted by Crippen LogP contribution is 2.37. The van der Waals surface area contributed by atoms with E-state index in [1.807, 2.05) is 17.5 Å². The quantitative estimate of drug-likeness (QED) is 0.449. The molecule has 2 aromatic carbocycles. The van der Waals surface area contributed by atoms with E-state index in [1.54, 1.807) is 31.2 Å². The highest BCUT2D eigenvalue weighted by atomic mass is 35.5. The standard InChI is InChI=1S/C23H22ClNO3S/c1-4-28-23(27)20-19(16-10-8-15(9-11-16)14(2)3)13-29-22(20)25-21(26)17-6-5-7-18(24)12-17/h5-14H,4H2,1-3H3,(H,25,26). The zero-order valence-corrected chi connectivity index (χ0v) is 18.1. The van der Waals surface area contributed by atoms with E-state index in [1.165, 1.54) is 16.9 Å². The molecule has 1 N–H and O–H groups in total. The van der Waals surface area contributed by atoms with E-state index < -0.39 is 5.97 Å². The lowest BCUT2D eigenvalue weighted by Gasteiger charge is -2.10. The Morgan fingerprint density at radius 2 is 1.86 bits per heavy atom. The zero-order chi connectivity index (χ0) is 21.0. The Morgan fingerprint density at radius 1 is 1.14 bits per heavy atom. The van der Waals surface area contributed by atoms with Gasteiger partial charge in [0, 0.05) is 21.5 Å². The van der Waals surface area contributed by atoms with Crippen LogP contribution in [0.1, 0.15) is 53.0 Å². The smallest absolute Gasteiger partial charge is 0.341 e. The van der Waals surface area contributed by atoms with Crippen LogP contribution in [0.15, 0.2) is 53.9 Å². The van der Waals surface area contributed by atoms with Gasteiger partial charge in [0.05, 0.1) is 6.61 Å². The molecule has 6 heteroatoms. The Morgan fingerprint density at radius 3 is 2.48 bits per heavy atom. The molecule has 0 aliphatic heterocycles. The van der Waals surface area contributed by atoms with Crippen molar-refractivity contribution in [2.24, 2.45) is 0 Å². The van der Waals surface area contributed by atoms with Gasteiger partial charge >= 0.3 is 5.97 Å². The number of amides is 1. The number of nitrogens with one attached hydrogen (secondary N) is 1. The van der Waals surface area contributed by atoms with Gasteiger partial charge in [-0.2, -0.15) is 0 Å². The van der Waals surface area contributed by atoms with Crippen LogP contribution in [-0.2, 0) is 4.74 Å². The SMILES string of the molecule is CCOC(=O)c1c(-c2ccc(C(C)C)cc2)csc1NC(=O)c1cccc(Cl)c1. The molecule has 3 aromatic rings. The molecule has 1 aromatic heterocycles. The molecule has 1 heterocycles. The highest BCUT2D eigenvalue weighted by Gasteiger charge is 2.23. The van der Waals surface area contributed by atoms with Crippen molar-refractivity contribution >= 4 is 39.8 Å². The van der Waals surface area contributed by atoms with Crippen molar-refractivity contribution in [3.05, 3.63) is 75.6 Å². The normalized spacial score (nSPS) is 10.8. The van der Waals surface area contributed by atoms with Crippen LogP contribution in [0.5, 0.6) is 0 Å². The van der Waals surface area contributed by atoms with Crippen LogP contribution >= 0.6 is 22.9 Å². The summed E-state index contributed by atoms with van der Waals surface area (Å²) in [5.74, 6) is -0.372. The number of hydrogen-bond acceptors (Lipinski definition) is 4. The minimum absolute atomic E-state index is 0.252. The fourth-order valence-corrected chi connectivity index (χ4v) is 4.06. The lowest BCUT2D eigenvalue weighted by atomic mass is 9.98. The number of carbonyl (C=O) groups excluding carboxylic acids is 2. The van der Waals surface area contributed by atoms with Crippen LogP contribution in [0.25, 0.3) is 11.1 Å². The summed E-state index contributed by atoms with van der Waals surface area (Å²) in [6.07, 6.45) is 0. The van der Waals surface area contributed by atoms with Crippen molar-refractivity contribution in [3.63, 3.8) is 0 Å². The first kappa shape index (κ1) is 21.1. The van der Waals surface area contributed by atoms with Gasteiger partial charge in [-0.1, -0.05) is 55.8 Å². The maximum absolute atomic E-state index is 12.7. The number of esters is 1. The third kappa shape index (κ3) is 4.86. The molecule has 150 valence electrons. The topological polar surface area (TPSA) is 55.4 Å². The molecular formula is C23H22ClNO3S. The Labute approximate surface area is 179 Å². The maximum Gasteiger partial charge on any atom is 0.341 e. The van der Waals surface area contributed by atoms with Gasteiger partial charge in [-0.25, -0.2) is 4.79 Å². The first-order chi connectivity index (χ1) is 13.9. The van der Waals surface area contributed by atoms with Gasteiger partial charge in [0.2, 0.25) is 0 Å². The molecule has 29 heavy (non-hydrogen) atoms. The number of halogens is 1. The summed E-state index contributed by atoms with van der Waals surface area (Å²) in [6, 6.07) is 14.7. The molecule has 0 radical (unpaired) electrons. The molecule has 3 rings (SSSR count). The van der Waals surface area contributed by atoms with Gasteiger partial charge in [0.25, 0.3) is 5.91 Å². The lowest BCUT2D eigenvalue weighted by Crippen LogP contribution is -2.14. The predicted molar refractivity (Wildman–Crippen MR) is 119 cm³/mol. The van der Waals surface area contributed by atoms with E-state index in [0.717, 1.165) is 11.1 Å². The Hall–Kier alpha value is -2.63. The molecule has 0 spiro atoms. The molecule has 0 fully saturated rings. The Bertz CT molecular complexity index is 1020. The van der Waals surface area contributed by atoms with Crippen molar-refractivity contribution in [3.8, 4) is 11.1 Å². The van der Waals surface area contributed by atoms with Gasteiger partial charge in [0.15, 0.2) is 0 Å². The van der Waals surface area contributed by atoms with Crippen molar-refractivity contribution in [1.29, 1.82) is 0 Å². The zero-order valence-electron chi connectivity index (χ0n) is 16.5. The van der Waals surface area contributed by atoms with E-state index in [9.17, 15) is 9.59 Å². The van der Waals surface area contributed by atoms with Crippen molar-refractivity contribution in [1.82, 2.24) is 0 Å². The molecule has 0 unspecified atom stereocenters. The summed E-state index contributed by atoms with van der Waals surface area (Å²) in [5, 5.41) is 5.63. The average Bonchev–Trinajstić information content (AvgIpc) is 3.11. The third-order valence-electron chi connectivity index (χ3n) is 4.47. The number of benzene rings is 2. The summed E-state index contributed by atoms with van der Waals surface area (Å²) in [6.45, 7) is 6.27. The summed E-state index contributed by atoms with van der Waals surface area (Å²) in [4.78, 5) is 25.3. The molecule has 4 nitrogen and oxygen atoms in total. The van der Waals surface area contributed by atoms with Crippen LogP contribution in [-0.4, -0.2) is 18.5 Å². The van der Waals surface area contributed by atoms with Crippen LogP contribution in [0.4, 0.5) is 5.00 Å². The number of thiophene rings is 1. The number of ether oxygens (including phenoxy) is 1. The Kier molecular flexibility index (Phi) is 6.72. The van der Waals surface area contributed by atoms with E-state index in [0.29, 0.717) is 27.1 Å². The second-order valence-electron chi connectivity index (χ2n) is 6.82. The van der Waals surface area contributed by atoms with Gasteiger partial charge in [-0.05, 0) is 42.2 Å². The second-order valence-corrected chi connectivity index (χ2v) is 8.13. The molecule has 0 saturated carbocycles. The maximum atomic E-state index is 12.7. The third-order valence-corrected chi connectivity index (χ3v) is 5.60.